The molecule has 2 heterocycles. The van der Waals surface area contributed by atoms with Crippen molar-refractivity contribution in [2.75, 3.05) is 39.3 Å². The lowest BCUT2D eigenvalue weighted by Gasteiger charge is -2.36. The monoisotopic (exact) mass is 364 g/mol. The average molecular weight is 364 g/mol. The first kappa shape index (κ1) is 19.1. The largest absolute Gasteiger partial charge is 0.488 e. The molecule has 2 fully saturated rings. The molecule has 1 N–H and O–H groups in total. The number of rotatable bonds is 6. The van der Waals surface area contributed by atoms with E-state index in [-0.39, 0.29) is 18.3 Å². The molecular formula is C20H29FN2O3. The molecule has 1 atom stereocenters. The van der Waals surface area contributed by atoms with Crippen molar-refractivity contribution in [3.05, 3.63) is 30.1 Å². The molecule has 2 aliphatic rings. The van der Waals surface area contributed by atoms with Crippen molar-refractivity contribution in [2.24, 2.45) is 5.92 Å². The van der Waals surface area contributed by atoms with Crippen molar-refractivity contribution >= 4 is 5.91 Å². The van der Waals surface area contributed by atoms with Gasteiger partial charge in [0, 0.05) is 25.6 Å². The Morgan fingerprint density at radius 1 is 1.15 bits per heavy atom. The maximum absolute atomic E-state index is 13.5. The third-order valence-electron chi connectivity index (χ3n) is 5.34. The molecular weight excluding hydrogens is 335 g/mol. The minimum Gasteiger partial charge on any atom is -0.488 e. The number of hydrogen-bond donors (Lipinski definition) is 1. The highest BCUT2D eigenvalue weighted by molar-refractivity contribution is 5.79. The van der Waals surface area contributed by atoms with Crippen molar-refractivity contribution in [1.82, 2.24) is 9.80 Å². The molecule has 0 aliphatic carbocycles. The normalized spacial score (nSPS) is 20.8. The number of likely N-dealkylation sites (tertiary alicyclic amines) is 2. The van der Waals surface area contributed by atoms with Crippen LogP contribution in [0.4, 0.5) is 4.39 Å². The van der Waals surface area contributed by atoms with Crippen LogP contribution in [0.5, 0.6) is 5.75 Å². The van der Waals surface area contributed by atoms with E-state index in [0.717, 1.165) is 51.9 Å². The fraction of sp³-hybridized carbons (Fsp3) is 0.650. The number of ether oxygens (including phenoxy) is 1. The van der Waals surface area contributed by atoms with Gasteiger partial charge >= 0.3 is 0 Å². The molecule has 2 aliphatic heterocycles. The summed E-state index contributed by atoms with van der Waals surface area (Å²) in [4.78, 5) is 16.8. The number of aliphatic hydroxyl groups is 1. The van der Waals surface area contributed by atoms with Gasteiger partial charge in [-0.15, -0.1) is 0 Å². The summed E-state index contributed by atoms with van der Waals surface area (Å²) < 4.78 is 18.9. The van der Waals surface area contributed by atoms with Gasteiger partial charge in [0.25, 0.3) is 0 Å². The van der Waals surface area contributed by atoms with Crippen molar-refractivity contribution < 1.29 is 19.0 Å². The number of piperidine rings is 2. The van der Waals surface area contributed by atoms with Crippen LogP contribution < -0.4 is 4.74 Å². The minimum absolute atomic E-state index is 0.0631. The molecule has 0 bridgehead atoms. The third kappa shape index (κ3) is 5.17. The van der Waals surface area contributed by atoms with Crippen LogP contribution in [-0.4, -0.2) is 66.2 Å². The summed E-state index contributed by atoms with van der Waals surface area (Å²) in [5.41, 5.74) is 0. The first-order chi connectivity index (χ1) is 12.6. The Labute approximate surface area is 154 Å². The zero-order chi connectivity index (χ0) is 18.4. The van der Waals surface area contributed by atoms with Crippen LogP contribution >= 0.6 is 0 Å². The highest BCUT2D eigenvalue weighted by Gasteiger charge is 2.29. The summed E-state index contributed by atoms with van der Waals surface area (Å²) in [6.07, 6.45) is 4.49. The Morgan fingerprint density at radius 2 is 1.85 bits per heavy atom. The number of para-hydroxylation sites is 1. The Kier molecular flexibility index (Phi) is 6.86. The topological polar surface area (TPSA) is 53.0 Å². The molecule has 1 unspecified atom stereocenters. The number of carbonyl (C=O) groups excluding carboxylic acids is 1. The van der Waals surface area contributed by atoms with E-state index < -0.39 is 11.9 Å². The van der Waals surface area contributed by atoms with Gasteiger partial charge in [0.05, 0.1) is 0 Å². The molecule has 0 radical (unpaired) electrons. The van der Waals surface area contributed by atoms with E-state index in [1.54, 1.807) is 18.2 Å². The van der Waals surface area contributed by atoms with E-state index in [2.05, 4.69) is 4.90 Å². The van der Waals surface area contributed by atoms with E-state index >= 15 is 0 Å². The SMILES string of the molecule is O=C(C1CCN(CC(O)COc2ccccc2F)CC1)N1CCCCC1. The second-order valence-electron chi connectivity index (χ2n) is 7.36. The van der Waals surface area contributed by atoms with Gasteiger partial charge in [0.1, 0.15) is 12.7 Å². The fourth-order valence-corrected chi connectivity index (χ4v) is 3.83. The Bertz CT molecular complexity index is 584. The molecule has 2 saturated heterocycles. The molecule has 0 saturated carbocycles. The molecule has 26 heavy (non-hydrogen) atoms. The predicted octanol–water partition coefficient (Wildman–Crippen LogP) is 2.29. The summed E-state index contributed by atoms with van der Waals surface area (Å²) in [5, 5.41) is 10.2. The van der Waals surface area contributed by atoms with Gasteiger partial charge in [0.15, 0.2) is 11.6 Å². The van der Waals surface area contributed by atoms with E-state index in [1.807, 2.05) is 4.90 Å². The van der Waals surface area contributed by atoms with Crippen LogP contribution in [0.15, 0.2) is 24.3 Å². The van der Waals surface area contributed by atoms with Gasteiger partial charge in [-0.25, -0.2) is 4.39 Å². The minimum atomic E-state index is -0.677. The molecule has 1 aromatic rings. The molecule has 1 amide bonds. The van der Waals surface area contributed by atoms with E-state index in [9.17, 15) is 14.3 Å². The van der Waals surface area contributed by atoms with Crippen LogP contribution in [0.1, 0.15) is 32.1 Å². The molecule has 0 spiro atoms. The van der Waals surface area contributed by atoms with Crippen LogP contribution in [-0.2, 0) is 4.79 Å². The van der Waals surface area contributed by atoms with Crippen molar-refractivity contribution in [3.8, 4) is 5.75 Å². The van der Waals surface area contributed by atoms with E-state index in [4.69, 9.17) is 4.74 Å². The lowest BCUT2D eigenvalue weighted by Crippen LogP contribution is -2.46. The number of carbonyl (C=O) groups is 1. The maximum Gasteiger partial charge on any atom is 0.225 e. The molecule has 5 nitrogen and oxygen atoms in total. The van der Waals surface area contributed by atoms with Crippen LogP contribution in [0.3, 0.4) is 0 Å². The number of benzene rings is 1. The number of β-amino-alcohol motifs (C(OH)–C–C–N with tert-alkyl or cyclic N) is 1. The molecule has 1 aromatic carbocycles. The Balaban J connectivity index is 1.38. The van der Waals surface area contributed by atoms with Crippen molar-refractivity contribution in [1.29, 1.82) is 0 Å². The van der Waals surface area contributed by atoms with Gasteiger partial charge < -0.3 is 19.6 Å². The van der Waals surface area contributed by atoms with Gasteiger partial charge in [-0.3, -0.25) is 4.79 Å². The Hall–Kier alpha value is -1.66. The predicted molar refractivity (Wildman–Crippen MR) is 97.5 cm³/mol. The summed E-state index contributed by atoms with van der Waals surface area (Å²) in [6, 6.07) is 6.20. The first-order valence-electron chi connectivity index (χ1n) is 9.70. The smallest absolute Gasteiger partial charge is 0.225 e. The highest BCUT2D eigenvalue weighted by atomic mass is 19.1. The van der Waals surface area contributed by atoms with E-state index in [0.29, 0.717) is 12.5 Å². The van der Waals surface area contributed by atoms with Crippen molar-refractivity contribution in [3.63, 3.8) is 0 Å². The van der Waals surface area contributed by atoms with Gasteiger partial charge in [-0.05, 0) is 57.3 Å². The van der Waals surface area contributed by atoms with Gasteiger partial charge in [-0.1, -0.05) is 12.1 Å². The number of amides is 1. The summed E-state index contributed by atoms with van der Waals surface area (Å²) in [7, 11) is 0. The van der Waals surface area contributed by atoms with Crippen LogP contribution in [0.2, 0.25) is 0 Å². The highest BCUT2D eigenvalue weighted by Crippen LogP contribution is 2.22. The maximum atomic E-state index is 13.5. The number of nitrogens with zero attached hydrogens (tertiary/aromatic N) is 2. The number of halogens is 1. The summed E-state index contributed by atoms with van der Waals surface area (Å²) in [6.45, 7) is 3.98. The zero-order valence-corrected chi connectivity index (χ0v) is 15.3. The molecule has 3 rings (SSSR count). The van der Waals surface area contributed by atoms with Crippen LogP contribution in [0.25, 0.3) is 0 Å². The fourth-order valence-electron chi connectivity index (χ4n) is 3.83. The number of aliphatic hydroxyl groups excluding tert-OH is 1. The first-order valence-corrected chi connectivity index (χ1v) is 9.70. The summed E-state index contributed by atoms with van der Waals surface area (Å²) >= 11 is 0. The van der Waals surface area contributed by atoms with Gasteiger partial charge in [-0.2, -0.15) is 0 Å². The molecule has 6 heteroatoms. The Morgan fingerprint density at radius 3 is 2.54 bits per heavy atom. The second-order valence-corrected chi connectivity index (χ2v) is 7.36. The lowest BCUT2D eigenvalue weighted by atomic mass is 9.94. The van der Waals surface area contributed by atoms with Crippen LogP contribution in [0, 0.1) is 11.7 Å². The van der Waals surface area contributed by atoms with E-state index in [1.165, 1.54) is 12.5 Å². The summed E-state index contributed by atoms with van der Waals surface area (Å²) in [5.74, 6) is 0.179. The van der Waals surface area contributed by atoms with Crippen molar-refractivity contribution in [2.45, 2.75) is 38.2 Å². The molecule has 0 aromatic heterocycles. The zero-order valence-electron chi connectivity index (χ0n) is 15.3. The average Bonchev–Trinajstić information content (AvgIpc) is 2.68. The molecule has 144 valence electrons. The standard InChI is InChI=1S/C20H29FN2O3/c21-18-6-2-3-7-19(18)26-15-17(24)14-22-12-8-16(9-13-22)20(25)23-10-4-1-5-11-23/h2-3,6-7,16-17,24H,1,4-5,8-15H2. The van der Waals surface area contributed by atoms with Gasteiger partial charge in [0.2, 0.25) is 5.91 Å². The second kappa shape index (κ2) is 9.33. The third-order valence-corrected chi connectivity index (χ3v) is 5.34. The lowest BCUT2D eigenvalue weighted by molar-refractivity contribution is -0.138. The number of hydrogen-bond acceptors (Lipinski definition) is 4. The quantitative estimate of drug-likeness (QED) is 0.842.